The van der Waals surface area contributed by atoms with Crippen LogP contribution in [-0.4, -0.2) is 34.4 Å². The quantitative estimate of drug-likeness (QED) is 0.610. The van der Waals surface area contributed by atoms with Gasteiger partial charge in [0.15, 0.2) is 5.58 Å². The van der Waals surface area contributed by atoms with Crippen molar-refractivity contribution in [1.29, 1.82) is 0 Å². The topological polar surface area (TPSA) is 84.5 Å². The largest absolute Gasteiger partial charge is 0.419 e. The van der Waals surface area contributed by atoms with Gasteiger partial charge in [0.05, 0.1) is 5.52 Å². The van der Waals surface area contributed by atoms with E-state index in [9.17, 15) is 14.4 Å². The van der Waals surface area contributed by atoms with E-state index in [1.54, 1.807) is 18.2 Å². The molecule has 0 fully saturated rings. The fraction of sp³-hybridized carbons (Fsp3) is 0.348. The number of hydrogen-bond acceptors (Lipinski definition) is 4. The van der Waals surface area contributed by atoms with E-state index in [4.69, 9.17) is 4.42 Å². The molecule has 0 aliphatic carbocycles. The van der Waals surface area contributed by atoms with Gasteiger partial charge in [0.25, 0.3) is 0 Å². The Bertz CT molecular complexity index is 1110. The molecule has 0 unspecified atom stereocenters. The Kier molecular flexibility index (Phi) is 5.97. The smallest absolute Gasteiger partial charge is 0.408 e. The predicted octanol–water partition coefficient (Wildman–Crippen LogP) is 2.47. The maximum absolute atomic E-state index is 12.5. The highest BCUT2D eigenvalue weighted by Gasteiger charge is 2.19. The Morgan fingerprint density at radius 3 is 2.63 bits per heavy atom. The Hall–Kier alpha value is -3.35. The molecular weight excluding hydrogens is 382 g/mol. The SMILES string of the molecule is O=C(CCn1c(=O)oc2ccccc21)NCCCC(=O)N1CCc2ccccc2C1. The predicted molar refractivity (Wildman–Crippen MR) is 113 cm³/mol. The highest BCUT2D eigenvalue weighted by Crippen LogP contribution is 2.19. The molecule has 1 aliphatic rings. The highest BCUT2D eigenvalue weighted by molar-refractivity contribution is 5.78. The number of fused-ring (bicyclic) bond motifs is 2. The molecule has 7 heteroatoms. The molecule has 2 amide bonds. The lowest BCUT2D eigenvalue weighted by Crippen LogP contribution is -2.36. The van der Waals surface area contributed by atoms with Crippen LogP contribution in [0.25, 0.3) is 11.1 Å². The highest BCUT2D eigenvalue weighted by atomic mass is 16.4. The Morgan fingerprint density at radius 1 is 1.00 bits per heavy atom. The minimum Gasteiger partial charge on any atom is -0.408 e. The van der Waals surface area contributed by atoms with E-state index in [2.05, 4.69) is 17.4 Å². The second-order valence-electron chi connectivity index (χ2n) is 7.52. The average molecular weight is 407 g/mol. The summed E-state index contributed by atoms with van der Waals surface area (Å²) < 4.78 is 6.63. The molecule has 0 saturated heterocycles. The van der Waals surface area contributed by atoms with Gasteiger partial charge >= 0.3 is 5.76 Å². The molecule has 0 atom stereocenters. The summed E-state index contributed by atoms with van der Waals surface area (Å²) in [5, 5.41) is 2.83. The summed E-state index contributed by atoms with van der Waals surface area (Å²) in [6.07, 6.45) is 2.08. The molecule has 4 rings (SSSR count). The van der Waals surface area contributed by atoms with Crippen LogP contribution in [0.5, 0.6) is 0 Å². The van der Waals surface area contributed by atoms with Gasteiger partial charge in [-0.1, -0.05) is 36.4 Å². The van der Waals surface area contributed by atoms with Crippen LogP contribution in [0.3, 0.4) is 0 Å². The normalized spacial score (nSPS) is 13.3. The zero-order valence-corrected chi connectivity index (χ0v) is 16.8. The third kappa shape index (κ3) is 4.45. The Morgan fingerprint density at radius 2 is 1.77 bits per heavy atom. The van der Waals surface area contributed by atoms with E-state index in [0.717, 1.165) is 13.0 Å². The van der Waals surface area contributed by atoms with E-state index < -0.39 is 5.76 Å². The first-order valence-corrected chi connectivity index (χ1v) is 10.3. The van der Waals surface area contributed by atoms with Crippen molar-refractivity contribution in [1.82, 2.24) is 14.8 Å². The summed E-state index contributed by atoms with van der Waals surface area (Å²) in [7, 11) is 0. The van der Waals surface area contributed by atoms with E-state index in [0.29, 0.717) is 37.0 Å². The molecule has 7 nitrogen and oxygen atoms in total. The van der Waals surface area contributed by atoms with Crippen LogP contribution in [-0.2, 0) is 29.1 Å². The molecule has 0 saturated carbocycles. The van der Waals surface area contributed by atoms with Gasteiger partial charge in [0.1, 0.15) is 0 Å². The van der Waals surface area contributed by atoms with Crippen molar-refractivity contribution < 1.29 is 14.0 Å². The lowest BCUT2D eigenvalue weighted by Gasteiger charge is -2.29. The van der Waals surface area contributed by atoms with E-state index >= 15 is 0 Å². The Balaban J connectivity index is 1.18. The first-order chi connectivity index (χ1) is 14.6. The first-order valence-electron chi connectivity index (χ1n) is 10.3. The van der Waals surface area contributed by atoms with Crippen LogP contribution in [0, 0.1) is 0 Å². The lowest BCUT2D eigenvalue weighted by atomic mass is 9.99. The number of rotatable bonds is 7. The Labute approximate surface area is 174 Å². The van der Waals surface area contributed by atoms with Gasteiger partial charge in [-0.15, -0.1) is 0 Å². The molecule has 1 aliphatic heterocycles. The van der Waals surface area contributed by atoms with Crippen LogP contribution in [0.1, 0.15) is 30.4 Å². The van der Waals surface area contributed by atoms with Gasteiger partial charge in [-0.2, -0.15) is 0 Å². The summed E-state index contributed by atoms with van der Waals surface area (Å²) >= 11 is 0. The second-order valence-corrected chi connectivity index (χ2v) is 7.52. The molecule has 0 spiro atoms. The van der Waals surface area contributed by atoms with Crippen molar-refractivity contribution in [3.63, 3.8) is 0 Å². The van der Waals surface area contributed by atoms with Crippen molar-refractivity contribution in [2.75, 3.05) is 13.1 Å². The van der Waals surface area contributed by atoms with Crippen LogP contribution in [0.2, 0.25) is 0 Å². The molecule has 0 radical (unpaired) electrons. The van der Waals surface area contributed by atoms with Crippen molar-refractivity contribution >= 4 is 22.9 Å². The molecule has 30 heavy (non-hydrogen) atoms. The standard InChI is InChI=1S/C23H25N3O4/c27-21(12-15-26-19-8-3-4-9-20(19)30-23(26)29)24-13-5-10-22(28)25-14-11-17-6-1-2-7-18(17)16-25/h1-4,6-9H,5,10-16H2,(H,24,27). The summed E-state index contributed by atoms with van der Waals surface area (Å²) in [6, 6.07) is 15.4. The number of hydrogen-bond donors (Lipinski definition) is 1. The molecule has 1 aromatic heterocycles. The monoisotopic (exact) mass is 407 g/mol. The van der Waals surface area contributed by atoms with Crippen LogP contribution < -0.4 is 11.1 Å². The number of nitrogens with one attached hydrogen (secondary N) is 1. The number of aromatic nitrogens is 1. The number of para-hydroxylation sites is 2. The van der Waals surface area contributed by atoms with Crippen molar-refractivity contribution in [3.05, 3.63) is 70.2 Å². The minimum atomic E-state index is -0.460. The van der Waals surface area contributed by atoms with E-state index in [1.165, 1.54) is 15.7 Å². The van der Waals surface area contributed by atoms with Gasteiger partial charge in [0.2, 0.25) is 11.8 Å². The summed E-state index contributed by atoms with van der Waals surface area (Å²) in [5.74, 6) is -0.487. The number of aryl methyl sites for hydroxylation is 1. The zero-order chi connectivity index (χ0) is 20.9. The summed E-state index contributed by atoms with van der Waals surface area (Å²) in [6.45, 7) is 2.11. The van der Waals surface area contributed by atoms with Crippen molar-refractivity contribution in [2.24, 2.45) is 0 Å². The second kappa shape index (κ2) is 8.98. The summed E-state index contributed by atoms with van der Waals surface area (Å²) in [5.41, 5.74) is 3.73. The molecular formula is C23H25N3O4. The van der Waals surface area contributed by atoms with E-state index in [-0.39, 0.29) is 24.8 Å². The average Bonchev–Trinajstić information content (AvgIpc) is 3.09. The van der Waals surface area contributed by atoms with Gasteiger partial charge < -0.3 is 14.6 Å². The number of benzene rings is 2. The van der Waals surface area contributed by atoms with Gasteiger partial charge in [-0.05, 0) is 36.1 Å². The first kappa shape index (κ1) is 19.9. The van der Waals surface area contributed by atoms with Gasteiger partial charge in [-0.25, -0.2) is 4.79 Å². The van der Waals surface area contributed by atoms with Crippen LogP contribution >= 0.6 is 0 Å². The number of carbonyl (C=O) groups is 2. The fourth-order valence-corrected chi connectivity index (χ4v) is 3.86. The third-order valence-electron chi connectivity index (χ3n) is 5.51. The molecule has 3 aromatic rings. The van der Waals surface area contributed by atoms with E-state index in [1.807, 2.05) is 23.1 Å². The number of oxazole rings is 1. The molecule has 1 N–H and O–H groups in total. The molecule has 156 valence electrons. The maximum Gasteiger partial charge on any atom is 0.419 e. The van der Waals surface area contributed by atoms with Crippen LogP contribution in [0.15, 0.2) is 57.7 Å². The molecule has 2 heterocycles. The van der Waals surface area contributed by atoms with Crippen molar-refractivity contribution in [3.8, 4) is 0 Å². The third-order valence-corrected chi connectivity index (χ3v) is 5.51. The maximum atomic E-state index is 12.5. The van der Waals surface area contributed by atoms with Gasteiger partial charge in [0, 0.05) is 39.0 Å². The van der Waals surface area contributed by atoms with Gasteiger partial charge in [-0.3, -0.25) is 14.2 Å². The van der Waals surface area contributed by atoms with Crippen molar-refractivity contribution in [2.45, 2.75) is 38.8 Å². The molecule has 0 bridgehead atoms. The lowest BCUT2D eigenvalue weighted by molar-refractivity contribution is -0.132. The number of nitrogens with zero attached hydrogens (tertiary/aromatic N) is 2. The number of amides is 2. The minimum absolute atomic E-state index is 0.121. The molecule has 2 aromatic carbocycles. The summed E-state index contributed by atoms with van der Waals surface area (Å²) in [4.78, 5) is 38.4. The van der Waals surface area contributed by atoms with Crippen LogP contribution in [0.4, 0.5) is 0 Å². The number of carbonyl (C=O) groups excluding carboxylic acids is 2. The fourth-order valence-electron chi connectivity index (χ4n) is 3.86. The zero-order valence-electron chi connectivity index (χ0n) is 16.8.